The molecule has 0 amide bonds. The molecule has 1 unspecified atom stereocenters. The average Bonchev–Trinajstić information content (AvgIpc) is 3.36. The van der Waals surface area contributed by atoms with Crippen LogP contribution >= 0.6 is 0 Å². The summed E-state index contributed by atoms with van der Waals surface area (Å²) in [6.07, 6.45) is 19.3. The molecular formula is C30H28. The van der Waals surface area contributed by atoms with Gasteiger partial charge in [-0.05, 0) is 65.5 Å². The maximum Gasteiger partial charge on any atom is 0.00958 e. The van der Waals surface area contributed by atoms with Gasteiger partial charge in [0.25, 0.3) is 0 Å². The molecule has 0 spiro atoms. The van der Waals surface area contributed by atoms with Crippen molar-refractivity contribution in [2.24, 2.45) is 5.92 Å². The van der Waals surface area contributed by atoms with E-state index in [1.54, 1.807) is 0 Å². The van der Waals surface area contributed by atoms with E-state index in [4.69, 9.17) is 0 Å². The van der Waals surface area contributed by atoms with Gasteiger partial charge in [-0.25, -0.2) is 0 Å². The lowest BCUT2D eigenvalue weighted by Gasteiger charge is -2.14. The summed E-state index contributed by atoms with van der Waals surface area (Å²) in [6.45, 7) is 4.59. The van der Waals surface area contributed by atoms with E-state index in [0.717, 1.165) is 32.1 Å². The Morgan fingerprint density at radius 1 is 0.967 bits per heavy atom. The maximum atomic E-state index is 4.59. The average molecular weight is 389 g/mol. The van der Waals surface area contributed by atoms with E-state index in [-0.39, 0.29) is 0 Å². The van der Waals surface area contributed by atoms with Crippen LogP contribution in [0.2, 0.25) is 0 Å². The topological polar surface area (TPSA) is 0 Å². The summed E-state index contributed by atoms with van der Waals surface area (Å²) >= 11 is 0. The van der Waals surface area contributed by atoms with Gasteiger partial charge < -0.3 is 0 Å². The van der Waals surface area contributed by atoms with Gasteiger partial charge in [0.1, 0.15) is 0 Å². The highest BCUT2D eigenvalue weighted by atomic mass is 14.4. The van der Waals surface area contributed by atoms with Crippen LogP contribution in [-0.2, 0) is 6.42 Å². The first-order valence-corrected chi connectivity index (χ1v) is 11.0. The number of allylic oxidation sites excluding steroid dienone is 10. The van der Waals surface area contributed by atoms with Crippen LogP contribution in [0.3, 0.4) is 0 Å². The van der Waals surface area contributed by atoms with Gasteiger partial charge in [0.05, 0.1) is 0 Å². The van der Waals surface area contributed by atoms with Crippen molar-refractivity contribution in [3.8, 4) is 0 Å². The summed E-state index contributed by atoms with van der Waals surface area (Å²) in [7, 11) is 0. The van der Waals surface area contributed by atoms with Gasteiger partial charge in [-0.1, -0.05) is 109 Å². The molecule has 0 aliphatic heterocycles. The van der Waals surface area contributed by atoms with Gasteiger partial charge >= 0.3 is 0 Å². The van der Waals surface area contributed by atoms with E-state index in [2.05, 4.69) is 97.6 Å². The maximum absolute atomic E-state index is 4.59. The third-order valence-corrected chi connectivity index (χ3v) is 6.61. The van der Waals surface area contributed by atoms with E-state index >= 15 is 0 Å². The summed E-state index contributed by atoms with van der Waals surface area (Å²) in [4.78, 5) is 0. The van der Waals surface area contributed by atoms with Crippen molar-refractivity contribution in [1.82, 2.24) is 0 Å². The van der Waals surface area contributed by atoms with E-state index < -0.39 is 0 Å². The number of rotatable bonds is 5. The van der Waals surface area contributed by atoms with Crippen molar-refractivity contribution in [3.05, 3.63) is 131 Å². The fourth-order valence-electron chi connectivity index (χ4n) is 4.97. The fourth-order valence-corrected chi connectivity index (χ4v) is 4.97. The lowest BCUT2D eigenvalue weighted by molar-refractivity contribution is 0.766. The quantitative estimate of drug-likeness (QED) is 0.457. The zero-order valence-electron chi connectivity index (χ0n) is 17.5. The highest BCUT2D eigenvalue weighted by Gasteiger charge is 2.31. The molecule has 0 saturated heterocycles. The summed E-state index contributed by atoms with van der Waals surface area (Å²) in [6, 6.07) is 19.6. The molecule has 0 N–H and O–H groups in total. The summed E-state index contributed by atoms with van der Waals surface area (Å²) in [5, 5.41) is 0. The highest BCUT2D eigenvalue weighted by Crippen LogP contribution is 2.47. The molecule has 148 valence electrons. The van der Waals surface area contributed by atoms with Crippen LogP contribution in [0.5, 0.6) is 0 Å². The Kier molecular flexibility index (Phi) is 5.24. The molecule has 1 atom stereocenters. The van der Waals surface area contributed by atoms with E-state index in [9.17, 15) is 0 Å². The molecule has 2 aromatic carbocycles. The van der Waals surface area contributed by atoms with Crippen molar-refractivity contribution >= 4 is 11.6 Å². The van der Waals surface area contributed by atoms with Crippen molar-refractivity contribution < 1.29 is 0 Å². The first-order chi connectivity index (χ1) is 14.8. The lowest BCUT2D eigenvalue weighted by Crippen LogP contribution is -2.03. The second-order valence-electron chi connectivity index (χ2n) is 8.52. The molecule has 0 heterocycles. The summed E-state index contributed by atoms with van der Waals surface area (Å²) in [5.74, 6) is 0.407. The smallest absolute Gasteiger partial charge is 0.00958 e. The molecule has 0 nitrogen and oxygen atoms in total. The predicted molar refractivity (Wildman–Crippen MR) is 129 cm³/mol. The van der Waals surface area contributed by atoms with Gasteiger partial charge in [-0.2, -0.15) is 0 Å². The molecule has 0 bridgehead atoms. The van der Waals surface area contributed by atoms with Crippen LogP contribution in [-0.4, -0.2) is 0 Å². The number of fused-ring (bicyclic) bond motifs is 1. The van der Waals surface area contributed by atoms with E-state index in [1.165, 1.54) is 44.6 Å². The second-order valence-corrected chi connectivity index (χ2v) is 8.52. The van der Waals surface area contributed by atoms with E-state index in [0.29, 0.717) is 5.92 Å². The number of hydrogen-bond donors (Lipinski definition) is 0. The van der Waals surface area contributed by atoms with Gasteiger partial charge in [0.2, 0.25) is 0 Å². The van der Waals surface area contributed by atoms with Crippen LogP contribution in [0.4, 0.5) is 0 Å². The molecule has 0 heteroatoms. The van der Waals surface area contributed by atoms with Crippen LogP contribution in [0.1, 0.15) is 42.4 Å². The van der Waals surface area contributed by atoms with Crippen LogP contribution in [0.25, 0.3) is 11.6 Å². The van der Waals surface area contributed by atoms with Gasteiger partial charge in [-0.15, -0.1) is 0 Å². The van der Waals surface area contributed by atoms with E-state index in [1.807, 2.05) is 0 Å². The monoisotopic (exact) mass is 388 g/mol. The molecular weight excluding hydrogens is 360 g/mol. The first kappa shape index (κ1) is 18.9. The predicted octanol–water partition coefficient (Wildman–Crippen LogP) is 7.88. The molecule has 5 rings (SSSR count). The summed E-state index contributed by atoms with van der Waals surface area (Å²) in [5.41, 5.74) is 11.2. The van der Waals surface area contributed by atoms with Crippen LogP contribution < -0.4 is 0 Å². The normalized spacial score (nSPS) is 20.7. The molecule has 0 radical (unpaired) electrons. The molecule has 30 heavy (non-hydrogen) atoms. The molecule has 0 saturated carbocycles. The van der Waals surface area contributed by atoms with Gasteiger partial charge in [0, 0.05) is 5.92 Å². The third-order valence-electron chi connectivity index (χ3n) is 6.61. The molecule has 3 aliphatic carbocycles. The molecule has 0 fully saturated rings. The number of hydrogen-bond acceptors (Lipinski definition) is 0. The minimum absolute atomic E-state index is 0.407. The van der Waals surface area contributed by atoms with Crippen molar-refractivity contribution in [3.63, 3.8) is 0 Å². The third kappa shape index (κ3) is 3.71. The molecule has 2 aromatic rings. The molecule has 0 aromatic heterocycles. The SMILES string of the molecule is C=C1C(C=CCC2=CCC=CC2)=C(c2ccccc2)CC1C1=Cc2ccccc2C1. The van der Waals surface area contributed by atoms with Gasteiger partial charge in [-0.3, -0.25) is 0 Å². The fraction of sp³-hybridized carbons (Fsp3) is 0.200. The minimum Gasteiger partial charge on any atom is -0.0946 e. The van der Waals surface area contributed by atoms with Gasteiger partial charge in [0.15, 0.2) is 0 Å². The lowest BCUT2D eigenvalue weighted by atomic mass is 9.89. The largest absolute Gasteiger partial charge is 0.0946 e. The van der Waals surface area contributed by atoms with Crippen LogP contribution in [0, 0.1) is 5.92 Å². The van der Waals surface area contributed by atoms with Crippen molar-refractivity contribution in [2.75, 3.05) is 0 Å². The van der Waals surface area contributed by atoms with Crippen molar-refractivity contribution in [1.29, 1.82) is 0 Å². The molecule has 3 aliphatic rings. The van der Waals surface area contributed by atoms with Crippen LogP contribution in [0.15, 0.2) is 114 Å². The first-order valence-electron chi connectivity index (χ1n) is 11.0. The number of benzene rings is 2. The standard InChI is InChI=1S/C30H28/c1-22-28(18-10-13-23-11-4-2-5-12-23)30(24-14-6-3-7-15-24)21-29(22)27-19-25-16-8-9-17-26(25)20-27/h2-4,6-10,12,14-19,29H,1,5,11,13,20-21H2. The Bertz CT molecular complexity index is 1120. The highest BCUT2D eigenvalue weighted by molar-refractivity contribution is 5.81. The Labute approximate surface area is 180 Å². The Morgan fingerprint density at radius 2 is 1.80 bits per heavy atom. The second kappa shape index (κ2) is 8.32. The Hall–Kier alpha value is -3.12. The Morgan fingerprint density at radius 3 is 2.60 bits per heavy atom. The van der Waals surface area contributed by atoms with Crippen molar-refractivity contribution in [2.45, 2.75) is 32.1 Å². The zero-order valence-corrected chi connectivity index (χ0v) is 17.5. The Balaban J connectivity index is 1.42. The minimum atomic E-state index is 0.407. The summed E-state index contributed by atoms with van der Waals surface area (Å²) < 4.78 is 0. The zero-order chi connectivity index (χ0) is 20.3.